The predicted octanol–water partition coefficient (Wildman–Crippen LogP) is 1.15. The molecular weight excluding hydrogens is 459 g/mol. The van der Waals surface area contributed by atoms with E-state index in [1.54, 1.807) is 7.05 Å². The molecule has 0 bridgehead atoms. The second kappa shape index (κ2) is 10.2. The lowest BCUT2D eigenvalue weighted by Gasteiger charge is -2.28. The van der Waals surface area contributed by atoms with E-state index in [-0.39, 0.29) is 48.5 Å². The number of nitrogens with zero attached hydrogens (tertiary/aromatic N) is 2. The summed E-state index contributed by atoms with van der Waals surface area (Å²) in [5.74, 6) is 0.627. The first kappa shape index (κ1) is 21.9. The van der Waals surface area contributed by atoms with Gasteiger partial charge in [-0.3, -0.25) is 9.79 Å². The number of halogens is 1. The van der Waals surface area contributed by atoms with E-state index in [0.717, 1.165) is 31.7 Å². The molecule has 3 rings (SSSR count). The van der Waals surface area contributed by atoms with E-state index in [4.69, 9.17) is 4.74 Å². The Morgan fingerprint density at radius 3 is 2.89 bits per heavy atom. The number of hydrogen-bond acceptors (Lipinski definition) is 4. The van der Waals surface area contributed by atoms with Crippen LogP contribution in [0.15, 0.2) is 29.3 Å². The Morgan fingerprint density at radius 1 is 1.37 bits per heavy atom. The van der Waals surface area contributed by atoms with Crippen LogP contribution in [-0.2, 0) is 16.0 Å². The molecule has 1 aromatic rings. The molecule has 1 saturated heterocycles. The normalized spacial score (nSPS) is 21.6. The van der Waals surface area contributed by atoms with E-state index in [0.29, 0.717) is 25.5 Å². The monoisotopic (exact) mass is 488 g/mol. The maximum absolute atomic E-state index is 12.6. The fourth-order valence-corrected chi connectivity index (χ4v) is 3.66. The zero-order valence-corrected chi connectivity index (χ0v) is 18.1. The van der Waals surface area contributed by atoms with E-state index in [1.807, 2.05) is 23.1 Å². The molecule has 8 heteroatoms. The largest absolute Gasteiger partial charge is 0.396 e. The molecule has 3 N–H and O–H groups in total. The van der Waals surface area contributed by atoms with Gasteiger partial charge in [0, 0.05) is 44.5 Å². The van der Waals surface area contributed by atoms with Crippen LogP contribution in [0.5, 0.6) is 0 Å². The first-order valence-electron chi connectivity index (χ1n) is 9.19. The molecule has 2 aliphatic heterocycles. The SMILES string of the molecule is CN=C(NCC(=O)N1CCc2ccccc21)NCC1(CCO)CCOC1.I. The molecule has 1 amide bonds. The first-order valence-corrected chi connectivity index (χ1v) is 9.19. The van der Waals surface area contributed by atoms with Crippen LogP contribution >= 0.6 is 24.0 Å². The number of aliphatic hydroxyl groups is 1. The number of carbonyl (C=O) groups excluding carboxylic acids is 1. The van der Waals surface area contributed by atoms with Crippen molar-refractivity contribution in [1.82, 2.24) is 10.6 Å². The lowest BCUT2D eigenvalue weighted by atomic mass is 9.84. The van der Waals surface area contributed by atoms with Gasteiger partial charge in [0.2, 0.25) is 5.91 Å². The lowest BCUT2D eigenvalue weighted by molar-refractivity contribution is -0.117. The van der Waals surface area contributed by atoms with Crippen LogP contribution in [-0.4, -0.2) is 63.5 Å². The number of nitrogens with one attached hydrogen (secondary N) is 2. The van der Waals surface area contributed by atoms with Gasteiger partial charge in [0.25, 0.3) is 0 Å². The van der Waals surface area contributed by atoms with Gasteiger partial charge >= 0.3 is 0 Å². The Kier molecular flexibility index (Phi) is 8.30. The van der Waals surface area contributed by atoms with Gasteiger partial charge in [-0.1, -0.05) is 18.2 Å². The minimum absolute atomic E-state index is 0. The highest BCUT2D eigenvalue weighted by Gasteiger charge is 2.34. The molecule has 1 atom stereocenters. The Balaban J connectivity index is 0.00000261. The van der Waals surface area contributed by atoms with Crippen molar-refractivity contribution in [2.45, 2.75) is 19.3 Å². The van der Waals surface area contributed by atoms with E-state index in [2.05, 4.69) is 21.7 Å². The molecule has 1 aromatic carbocycles. The Bertz CT molecular complexity index is 662. The number of para-hydroxylation sites is 1. The van der Waals surface area contributed by atoms with Crippen molar-refractivity contribution in [3.05, 3.63) is 29.8 Å². The lowest BCUT2D eigenvalue weighted by Crippen LogP contribution is -2.47. The summed E-state index contributed by atoms with van der Waals surface area (Å²) >= 11 is 0. The summed E-state index contributed by atoms with van der Waals surface area (Å²) in [6, 6.07) is 8.03. The fourth-order valence-electron chi connectivity index (χ4n) is 3.66. The average molecular weight is 488 g/mol. The van der Waals surface area contributed by atoms with Crippen LogP contribution in [0.2, 0.25) is 0 Å². The number of hydrogen-bond donors (Lipinski definition) is 3. The number of anilines is 1. The first-order chi connectivity index (χ1) is 12.7. The van der Waals surface area contributed by atoms with Crippen molar-refractivity contribution in [1.29, 1.82) is 0 Å². The van der Waals surface area contributed by atoms with Gasteiger partial charge in [0.1, 0.15) is 0 Å². The van der Waals surface area contributed by atoms with Crippen LogP contribution in [0.3, 0.4) is 0 Å². The van der Waals surface area contributed by atoms with Gasteiger partial charge < -0.3 is 25.4 Å². The molecule has 2 heterocycles. The van der Waals surface area contributed by atoms with E-state index >= 15 is 0 Å². The zero-order valence-electron chi connectivity index (χ0n) is 15.7. The minimum Gasteiger partial charge on any atom is -0.396 e. The average Bonchev–Trinajstić information content (AvgIpc) is 3.29. The number of ether oxygens (including phenoxy) is 1. The third-order valence-electron chi connectivity index (χ3n) is 5.28. The van der Waals surface area contributed by atoms with Crippen molar-refractivity contribution in [3.63, 3.8) is 0 Å². The molecule has 0 aromatic heterocycles. The highest BCUT2D eigenvalue weighted by atomic mass is 127. The molecule has 0 aliphatic carbocycles. The number of benzene rings is 1. The predicted molar refractivity (Wildman–Crippen MR) is 117 cm³/mol. The Labute approximate surface area is 177 Å². The van der Waals surface area contributed by atoms with Gasteiger partial charge in [-0.25, -0.2) is 0 Å². The maximum atomic E-state index is 12.6. The number of aliphatic imine (C=N–C) groups is 1. The topological polar surface area (TPSA) is 86.2 Å². The zero-order chi connectivity index (χ0) is 18.4. The highest BCUT2D eigenvalue weighted by molar-refractivity contribution is 14.0. The number of amides is 1. The van der Waals surface area contributed by atoms with Gasteiger partial charge in [-0.15, -0.1) is 24.0 Å². The van der Waals surface area contributed by atoms with E-state index < -0.39 is 0 Å². The molecular formula is C19H29IN4O3. The van der Waals surface area contributed by atoms with Crippen molar-refractivity contribution in [3.8, 4) is 0 Å². The highest BCUT2D eigenvalue weighted by Crippen LogP contribution is 2.31. The summed E-state index contributed by atoms with van der Waals surface area (Å²) in [5.41, 5.74) is 2.16. The number of guanidine groups is 1. The summed E-state index contributed by atoms with van der Waals surface area (Å²) in [6.45, 7) is 3.08. The van der Waals surface area contributed by atoms with Gasteiger partial charge in [0.15, 0.2) is 5.96 Å². The number of aliphatic hydroxyl groups excluding tert-OH is 1. The van der Waals surface area contributed by atoms with E-state index in [1.165, 1.54) is 5.56 Å². The number of fused-ring (bicyclic) bond motifs is 1. The van der Waals surface area contributed by atoms with Crippen molar-refractivity contribution < 1.29 is 14.6 Å². The molecule has 27 heavy (non-hydrogen) atoms. The van der Waals surface area contributed by atoms with Crippen LogP contribution < -0.4 is 15.5 Å². The molecule has 150 valence electrons. The van der Waals surface area contributed by atoms with Crippen molar-refractivity contribution in [2.75, 3.05) is 51.4 Å². The standard InChI is InChI=1S/C19H28N4O3.HI/c1-20-18(22-13-19(7-10-24)8-11-26-14-19)21-12-17(25)23-9-6-15-4-2-3-5-16(15)23;/h2-5,24H,6-14H2,1H3,(H2,20,21,22);1H. The quantitative estimate of drug-likeness (QED) is 0.318. The minimum atomic E-state index is -0.0652. The summed E-state index contributed by atoms with van der Waals surface area (Å²) in [7, 11) is 1.69. The number of rotatable bonds is 6. The fraction of sp³-hybridized carbons (Fsp3) is 0.579. The smallest absolute Gasteiger partial charge is 0.246 e. The molecule has 2 aliphatic rings. The number of carbonyl (C=O) groups is 1. The van der Waals surface area contributed by atoms with Gasteiger partial charge in [-0.2, -0.15) is 0 Å². The Morgan fingerprint density at radius 2 is 2.19 bits per heavy atom. The van der Waals surface area contributed by atoms with Crippen molar-refractivity contribution >= 4 is 41.5 Å². The molecule has 0 spiro atoms. The molecule has 0 radical (unpaired) electrons. The van der Waals surface area contributed by atoms with E-state index in [9.17, 15) is 9.90 Å². The van der Waals surface area contributed by atoms with Crippen LogP contribution in [0.25, 0.3) is 0 Å². The summed E-state index contributed by atoms with van der Waals surface area (Å²) in [6.07, 6.45) is 2.51. The van der Waals surface area contributed by atoms with Crippen LogP contribution in [0, 0.1) is 5.41 Å². The second-order valence-electron chi connectivity index (χ2n) is 6.98. The second-order valence-corrected chi connectivity index (χ2v) is 6.98. The molecule has 1 fully saturated rings. The van der Waals surface area contributed by atoms with Gasteiger partial charge in [-0.05, 0) is 30.9 Å². The van der Waals surface area contributed by atoms with Crippen LogP contribution in [0.1, 0.15) is 18.4 Å². The summed E-state index contributed by atoms with van der Waals surface area (Å²) in [4.78, 5) is 18.6. The van der Waals surface area contributed by atoms with Crippen molar-refractivity contribution in [2.24, 2.45) is 10.4 Å². The molecule has 7 nitrogen and oxygen atoms in total. The maximum Gasteiger partial charge on any atom is 0.246 e. The third-order valence-corrected chi connectivity index (χ3v) is 5.28. The molecule has 1 unspecified atom stereocenters. The Hall–Kier alpha value is -1.39. The summed E-state index contributed by atoms with van der Waals surface area (Å²) < 4.78 is 5.51. The molecule has 0 saturated carbocycles. The van der Waals surface area contributed by atoms with Crippen LogP contribution in [0.4, 0.5) is 5.69 Å². The third kappa shape index (κ3) is 5.32. The van der Waals surface area contributed by atoms with Gasteiger partial charge in [0.05, 0.1) is 13.2 Å². The summed E-state index contributed by atoms with van der Waals surface area (Å²) in [5, 5.41) is 15.7.